The number of nitrogens with zero attached hydrogens (tertiary/aromatic N) is 5. The first-order chi connectivity index (χ1) is 18.6. The molecule has 0 radical (unpaired) electrons. The van der Waals surface area contributed by atoms with E-state index in [4.69, 9.17) is 9.15 Å². The highest BCUT2D eigenvalue weighted by Crippen LogP contribution is 2.35. The maximum Gasteiger partial charge on any atom is 0.253 e. The third kappa shape index (κ3) is 4.92. The summed E-state index contributed by atoms with van der Waals surface area (Å²) in [6.45, 7) is 6.03. The quantitative estimate of drug-likeness (QED) is 0.352. The lowest BCUT2D eigenvalue weighted by atomic mass is 9.94. The molecule has 2 atom stereocenters. The predicted molar refractivity (Wildman–Crippen MR) is 144 cm³/mol. The molecule has 1 saturated carbocycles. The van der Waals surface area contributed by atoms with Crippen LogP contribution in [0.25, 0.3) is 10.9 Å². The van der Waals surface area contributed by atoms with Crippen molar-refractivity contribution in [2.24, 2.45) is 0 Å². The van der Waals surface area contributed by atoms with Crippen molar-refractivity contribution in [3.63, 3.8) is 0 Å². The van der Waals surface area contributed by atoms with Crippen molar-refractivity contribution in [3.05, 3.63) is 75.2 Å². The number of fused-ring (bicyclic) bond motifs is 1. The Morgan fingerprint density at radius 1 is 1.11 bits per heavy atom. The summed E-state index contributed by atoms with van der Waals surface area (Å²) < 4.78 is 13.8. The number of hydrogen-bond donors (Lipinski definition) is 1. The number of aryl methyl sites for hydroxylation is 2. The fraction of sp³-hybridized carbons (Fsp3) is 0.517. The average Bonchev–Trinajstić information content (AvgIpc) is 3.72. The second kappa shape index (κ2) is 10.8. The number of rotatable bonds is 8. The van der Waals surface area contributed by atoms with Crippen LogP contribution in [-0.2, 0) is 11.3 Å². The van der Waals surface area contributed by atoms with Gasteiger partial charge in [-0.05, 0) is 79.3 Å². The molecule has 200 valence electrons. The van der Waals surface area contributed by atoms with Gasteiger partial charge in [0.2, 0.25) is 0 Å². The van der Waals surface area contributed by atoms with Crippen LogP contribution in [0.15, 0.2) is 45.8 Å². The molecule has 1 aliphatic heterocycles. The van der Waals surface area contributed by atoms with Gasteiger partial charge in [-0.25, -0.2) is 4.68 Å². The summed E-state index contributed by atoms with van der Waals surface area (Å²) in [7, 11) is 0. The molecule has 1 aromatic carbocycles. The van der Waals surface area contributed by atoms with E-state index in [1.54, 1.807) is 6.26 Å². The number of tetrazole rings is 1. The van der Waals surface area contributed by atoms with Crippen LogP contribution in [0.4, 0.5) is 0 Å². The van der Waals surface area contributed by atoms with E-state index in [1.807, 2.05) is 29.8 Å². The Morgan fingerprint density at radius 3 is 2.71 bits per heavy atom. The Balaban J connectivity index is 1.52. The maximum atomic E-state index is 13.9. The number of hydrogen-bond acceptors (Lipinski definition) is 7. The van der Waals surface area contributed by atoms with Crippen LogP contribution < -0.4 is 5.56 Å². The van der Waals surface area contributed by atoms with Crippen LogP contribution in [0.3, 0.4) is 0 Å². The molecule has 3 aromatic heterocycles. The summed E-state index contributed by atoms with van der Waals surface area (Å²) >= 11 is 0. The Kier molecular flexibility index (Phi) is 7.12. The molecular weight excluding hydrogens is 480 g/mol. The molecule has 2 aliphatic rings. The van der Waals surface area contributed by atoms with Crippen molar-refractivity contribution < 1.29 is 9.15 Å². The first kappa shape index (κ1) is 25.0. The van der Waals surface area contributed by atoms with E-state index in [2.05, 4.69) is 44.5 Å². The third-order valence-corrected chi connectivity index (χ3v) is 8.22. The van der Waals surface area contributed by atoms with Gasteiger partial charge in [-0.2, -0.15) is 0 Å². The molecule has 4 aromatic rings. The number of aromatic amines is 1. The standard InChI is InChI=1S/C29H36N6O3/c1-19-12-13-20(2)26-24(19)16-25(29(36)30-26)27(28-31-32-33-35(28)21-8-4-3-5-9-21)34(17-22-10-6-14-37-22)18-23-11-7-15-38-23/h6,10,12-14,16,21,23,27H,3-5,7-9,11,15,17-18H2,1-2H3,(H,30,36)/t23-,27-/m1/s1. The molecule has 4 heterocycles. The lowest BCUT2D eigenvalue weighted by Gasteiger charge is -2.33. The SMILES string of the molecule is Cc1ccc(C)c2[nH]c(=O)c([C@H](c3nnnn3C3CCCCC3)N(Cc3ccco3)C[C@H]3CCCO3)cc12. The highest BCUT2D eigenvalue weighted by molar-refractivity contribution is 5.85. The first-order valence-electron chi connectivity index (χ1n) is 13.9. The summed E-state index contributed by atoms with van der Waals surface area (Å²) in [5.74, 6) is 1.53. The highest BCUT2D eigenvalue weighted by Gasteiger charge is 2.35. The summed E-state index contributed by atoms with van der Waals surface area (Å²) in [6, 6.07) is 9.84. The number of pyridine rings is 1. The average molecular weight is 517 g/mol. The van der Waals surface area contributed by atoms with E-state index in [0.29, 0.717) is 24.5 Å². The normalized spacial score (nSPS) is 19.5. The zero-order valence-electron chi connectivity index (χ0n) is 22.2. The topological polar surface area (TPSA) is 102 Å². The van der Waals surface area contributed by atoms with Crippen LogP contribution in [0.5, 0.6) is 0 Å². The van der Waals surface area contributed by atoms with E-state index < -0.39 is 6.04 Å². The van der Waals surface area contributed by atoms with Gasteiger partial charge in [-0.3, -0.25) is 9.69 Å². The molecule has 38 heavy (non-hydrogen) atoms. The molecule has 1 saturated heterocycles. The van der Waals surface area contributed by atoms with Gasteiger partial charge in [0, 0.05) is 24.1 Å². The van der Waals surface area contributed by atoms with Crippen molar-refractivity contribution >= 4 is 10.9 Å². The van der Waals surface area contributed by atoms with Gasteiger partial charge in [0.05, 0.1) is 30.5 Å². The van der Waals surface area contributed by atoms with Gasteiger partial charge >= 0.3 is 0 Å². The van der Waals surface area contributed by atoms with Gasteiger partial charge in [-0.1, -0.05) is 31.4 Å². The van der Waals surface area contributed by atoms with Crippen LogP contribution in [0, 0.1) is 13.8 Å². The van der Waals surface area contributed by atoms with E-state index in [0.717, 1.165) is 72.9 Å². The number of ether oxygens (including phenoxy) is 1. The number of aromatic nitrogens is 5. The van der Waals surface area contributed by atoms with E-state index in [9.17, 15) is 4.79 Å². The molecule has 2 fully saturated rings. The molecule has 6 rings (SSSR count). The summed E-state index contributed by atoms with van der Waals surface area (Å²) in [5, 5.41) is 14.3. The number of benzene rings is 1. The van der Waals surface area contributed by atoms with Gasteiger partial charge in [-0.15, -0.1) is 5.10 Å². The molecule has 1 aliphatic carbocycles. The minimum atomic E-state index is -0.464. The molecule has 0 bridgehead atoms. The first-order valence-corrected chi connectivity index (χ1v) is 13.9. The second-order valence-electron chi connectivity index (χ2n) is 10.9. The lowest BCUT2D eigenvalue weighted by molar-refractivity contribution is 0.0539. The Labute approximate surface area is 222 Å². The smallest absolute Gasteiger partial charge is 0.253 e. The lowest BCUT2D eigenvalue weighted by Crippen LogP contribution is -2.39. The largest absolute Gasteiger partial charge is 0.468 e. The Bertz CT molecular complexity index is 1430. The summed E-state index contributed by atoms with van der Waals surface area (Å²) in [6.07, 6.45) is 9.45. The van der Waals surface area contributed by atoms with E-state index in [1.165, 1.54) is 6.42 Å². The summed E-state index contributed by atoms with van der Waals surface area (Å²) in [4.78, 5) is 19.3. The van der Waals surface area contributed by atoms with Crippen LogP contribution in [-0.4, -0.2) is 49.3 Å². The number of H-pyrrole nitrogens is 1. The van der Waals surface area contributed by atoms with Gasteiger partial charge in [0.15, 0.2) is 5.82 Å². The molecule has 0 amide bonds. The van der Waals surface area contributed by atoms with Crippen LogP contribution in [0.1, 0.15) is 85.3 Å². The van der Waals surface area contributed by atoms with Crippen molar-refractivity contribution in [2.45, 2.75) is 83.5 Å². The van der Waals surface area contributed by atoms with E-state index in [-0.39, 0.29) is 17.7 Å². The molecule has 9 nitrogen and oxygen atoms in total. The Hall–Kier alpha value is -3.30. The second-order valence-corrected chi connectivity index (χ2v) is 10.9. The summed E-state index contributed by atoms with van der Waals surface area (Å²) in [5.41, 5.74) is 3.56. The van der Waals surface area contributed by atoms with Crippen molar-refractivity contribution in [2.75, 3.05) is 13.2 Å². The van der Waals surface area contributed by atoms with Crippen LogP contribution in [0.2, 0.25) is 0 Å². The molecule has 1 N–H and O–H groups in total. The number of nitrogens with one attached hydrogen (secondary N) is 1. The fourth-order valence-corrected chi connectivity index (χ4v) is 6.17. The minimum absolute atomic E-state index is 0.0787. The molecular formula is C29H36N6O3. The van der Waals surface area contributed by atoms with Gasteiger partial charge in [0.1, 0.15) is 11.8 Å². The van der Waals surface area contributed by atoms with Crippen LogP contribution >= 0.6 is 0 Å². The fourth-order valence-electron chi connectivity index (χ4n) is 6.17. The zero-order chi connectivity index (χ0) is 26.1. The van der Waals surface area contributed by atoms with Gasteiger partial charge < -0.3 is 14.1 Å². The monoisotopic (exact) mass is 516 g/mol. The van der Waals surface area contributed by atoms with E-state index >= 15 is 0 Å². The van der Waals surface area contributed by atoms with Crippen molar-refractivity contribution in [3.8, 4) is 0 Å². The highest BCUT2D eigenvalue weighted by atomic mass is 16.5. The van der Waals surface area contributed by atoms with Crippen molar-refractivity contribution in [1.82, 2.24) is 30.1 Å². The molecule has 0 unspecified atom stereocenters. The Morgan fingerprint density at radius 2 is 1.95 bits per heavy atom. The maximum absolute atomic E-state index is 13.9. The number of furan rings is 1. The molecule has 9 heteroatoms. The van der Waals surface area contributed by atoms with Crippen molar-refractivity contribution in [1.29, 1.82) is 0 Å². The molecule has 0 spiro atoms. The zero-order valence-corrected chi connectivity index (χ0v) is 22.2. The van der Waals surface area contributed by atoms with Gasteiger partial charge in [0.25, 0.3) is 5.56 Å². The predicted octanol–water partition coefficient (Wildman–Crippen LogP) is 5.00. The third-order valence-electron chi connectivity index (χ3n) is 8.22. The minimum Gasteiger partial charge on any atom is -0.468 e.